The average Bonchev–Trinajstić information content (AvgIpc) is 2.47. The molecule has 0 unspecified atom stereocenters. The van der Waals surface area contributed by atoms with Crippen molar-refractivity contribution in [2.45, 2.75) is 19.4 Å². The van der Waals surface area contributed by atoms with E-state index in [4.69, 9.17) is 16.9 Å². The van der Waals surface area contributed by atoms with Crippen molar-refractivity contribution in [1.82, 2.24) is 4.98 Å². The summed E-state index contributed by atoms with van der Waals surface area (Å²) in [7, 11) is 0. The van der Waals surface area contributed by atoms with Crippen LogP contribution in [0, 0.1) is 11.3 Å². The molecule has 1 N–H and O–H groups in total. The van der Waals surface area contributed by atoms with Crippen molar-refractivity contribution in [1.29, 1.82) is 5.26 Å². The zero-order chi connectivity index (χ0) is 9.42. The molecule has 0 radical (unpaired) electrons. The van der Waals surface area contributed by atoms with Crippen molar-refractivity contribution in [3.05, 3.63) is 22.3 Å². The molecular formula is C9H8ClN3. The van der Waals surface area contributed by atoms with E-state index in [1.165, 1.54) is 6.20 Å². The van der Waals surface area contributed by atoms with Gasteiger partial charge in [0.25, 0.3) is 0 Å². The fourth-order valence-corrected chi connectivity index (χ4v) is 1.77. The first kappa shape index (κ1) is 8.33. The summed E-state index contributed by atoms with van der Waals surface area (Å²) in [6.45, 7) is 2.06. The highest BCUT2D eigenvalue weighted by Crippen LogP contribution is 2.31. The fraction of sp³-hybridized carbons (Fsp3) is 0.333. The molecular weight excluding hydrogens is 186 g/mol. The third-order valence-electron chi connectivity index (χ3n) is 2.12. The maximum absolute atomic E-state index is 8.72. The van der Waals surface area contributed by atoms with Gasteiger partial charge in [0.15, 0.2) is 0 Å². The van der Waals surface area contributed by atoms with Gasteiger partial charge in [0.1, 0.15) is 11.9 Å². The van der Waals surface area contributed by atoms with Crippen LogP contribution in [0.2, 0.25) is 5.02 Å². The number of hydrogen-bond donors (Lipinski definition) is 1. The van der Waals surface area contributed by atoms with E-state index in [0.717, 1.165) is 17.8 Å². The monoisotopic (exact) mass is 193 g/mol. The number of halogens is 1. The summed E-state index contributed by atoms with van der Waals surface area (Å²) in [5.74, 6) is 0.816. The molecule has 0 spiro atoms. The SMILES string of the molecule is C[C@@H]1Cc2c(ncc(C#N)c2Cl)N1. The molecule has 1 aliphatic rings. The van der Waals surface area contributed by atoms with Gasteiger partial charge in [0.05, 0.1) is 10.6 Å². The number of aromatic nitrogens is 1. The van der Waals surface area contributed by atoms with E-state index in [1.54, 1.807) is 0 Å². The summed E-state index contributed by atoms with van der Waals surface area (Å²) < 4.78 is 0. The molecule has 1 aliphatic heterocycles. The molecule has 3 nitrogen and oxygen atoms in total. The lowest BCUT2D eigenvalue weighted by atomic mass is 10.1. The highest BCUT2D eigenvalue weighted by atomic mass is 35.5. The summed E-state index contributed by atoms with van der Waals surface area (Å²) >= 11 is 6.02. The smallest absolute Gasteiger partial charge is 0.131 e. The molecule has 0 bridgehead atoms. The van der Waals surface area contributed by atoms with Crippen LogP contribution in [0.5, 0.6) is 0 Å². The lowest BCUT2D eigenvalue weighted by Gasteiger charge is -2.01. The van der Waals surface area contributed by atoms with Crippen LogP contribution in [0.1, 0.15) is 18.1 Å². The third kappa shape index (κ3) is 1.24. The fourth-order valence-electron chi connectivity index (χ4n) is 1.51. The zero-order valence-electron chi connectivity index (χ0n) is 7.13. The van der Waals surface area contributed by atoms with E-state index >= 15 is 0 Å². The number of pyridine rings is 1. The van der Waals surface area contributed by atoms with Gasteiger partial charge in [0.2, 0.25) is 0 Å². The Kier molecular flexibility index (Phi) is 1.86. The Morgan fingerprint density at radius 3 is 3.23 bits per heavy atom. The first-order valence-corrected chi connectivity index (χ1v) is 4.44. The molecule has 1 atom stereocenters. The van der Waals surface area contributed by atoms with Crippen LogP contribution in [-0.4, -0.2) is 11.0 Å². The van der Waals surface area contributed by atoms with Gasteiger partial charge < -0.3 is 5.32 Å². The molecule has 0 amide bonds. The van der Waals surface area contributed by atoms with E-state index < -0.39 is 0 Å². The molecule has 2 heterocycles. The van der Waals surface area contributed by atoms with Crippen LogP contribution in [0.25, 0.3) is 0 Å². The lowest BCUT2D eigenvalue weighted by Crippen LogP contribution is -2.08. The van der Waals surface area contributed by atoms with Crippen LogP contribution in [0.4, 0.5) is 5.82 Å². The Morgan fingerprint density at radius 1 is 1.77 bits per heavy atom. The van der Waals surface area contributed by atoms with Crippen LogP contribution in [-0.2, 0) is 6.42 Å². The Hall–Kier alpha value is -1.27. The molecule has 13 heavy (non-hydrogen) atoms. The van der Waals surface area contributed by atoms with Crippen molar-refractivity contribution < 1.29 is 0 Å². The molecule has 0 saturated heterocycles. The zero-order valence-corrected chi connectivity index (χ0v) is 7.89. The van der Waals surface area contributed by atoms with Crippen molar-refractivity contribution in [2.75, 3.05) is 5.32 Å². The largest absolute Gasteiger partial charge is 0.367 e. The Labute approximate surface area is 81.4 Å². The van der Waals surface area contributed by atoms with Crippen molar-refractivity contribution in [2.24, 2.45) is 0 Å². The highest BCUT2D eigenvalue weighted by Gasteiger charge is 2.22. The minimum Gasteiger partial charge on any atom is -0.367 e. The van der Waals surface area contributed by atoms with E-state index in [9.17, 15) is 0 Å². The number of nitriles is 1. The van der Waals surface area contributed by atoms with Crippen molar-refractivity contribution in [3.63, 3.8) is 0 Å². The second-order valence-corrected chi connectivity index (χ2v) is 3.55. The number of fused-ring (bicyclic) bond motifs is 1. The quantitative estimate of drug-likeness (QED) is 0.685. The molecule has 4 heteroatoms. The van der Waals surface area contributed by atoms with Gasteiger partial charge in [-0.1, -0.05) is 11.6 Å². The first-order chi connectivity index (χ1) is 6.22. The molecule has 1 aromatic rings. The second-order valence-electron chi connectivity index (χ2n) is 3.17. The van der Waals surface area contributed by atoms with Gasteiger partial charge in [-0.3, -0.25) is 0 Å². The van der Waals surface area contributed by atoms with Gasteiger partial charge in [0, 0.05) is 17.8 Å². The van der Waals surface area contributed by atoms with Crippen LogP contribution in [0.3, 0.4) is 0 Å². The second kappa shape index (κ2) is 2.90. The highest BCUT2D eigenvalue weighted by molar-refractivity contribution is 6.32. The topological polar surface area (TPSA) is 48.7 Å². The van der Waals surface area contributed by atoms with Gasteiger partial charge in [-0.05, 0) is 13.3 Å². The molecule has 66 valence electrons. The van der Waals surface area contributed by atoms with Gasteiger partial charge in [-0.25, -0.2) is 4.98 Å². The average molecular weight is 194 g/mol. The predicted octanol–water partition coefficient (Wildman–Crippen LogP) is 1.96. The summed E-state index contributed by atoms with van der Waals surface area (Å²) in [5, 5.41) is 12.5. The number of nitrogens with one attached hydrogen (secondary N) is 1. The molecule has 1 aromatic heterocycles. The molecule has 0 fully saturated rings. The number of rotatable bonds is 0. The summed E-state index contributed by atoms with van der Waals surface area (Å²) in [4.78, 5) is 4.12. The third-order valence-corrected chi connectivity index (χ3v) is 2.56. The number of anilines is 1. The van der Waals surface area contributed by atoms with Crippen LogP contribution < -0.4 is 5.32 Å². The van der Waals surface area contributed by atoms with E-state index in [1.807, 2.05) is 6.07 Å². The predicted molar refractivity (Wildman–Crippen MR) is 50.8 cm³/mol. The Bertz CT molecular complexity index is 395. The summed E-state index contributed by atoms with van der Waals surface area (Å²) in [6.07, 6.45) is 2.35. The summed E-state index contributed by atoms with van der Waals surface area (Å²) in [6, 6.07) is 2.37. The summed E-state index contributed by atoms with van der Waals surface area (Å²) in [5.41, 5.74) is 1.42. The van der Waals surface area contributed by atoms with Gasteiger partial charge >= 0.3 is 0 Å². The van der Waals surface area contributed by atoms with Crippen molar-refractivity contribution >= 4 is 17.4 Å². The van der Waals surface area contributed by atoms with Crippen molar-refractivity contribution in [3.8, 4) is 6.07 Å². The molecule has 0 saturated carbocycles. The van der Waals surface area contributed by atoms with Gasteiger partial charge in [-0.15, -0.1) is 0 Å². The molecule has 0 aliphatic carbocycles. The molecule has 0 aromatic carbocycles. The first-order valence-electron chi connectivity index (χ1n) is 4.06. The van der Waals surface area contributed by atoms with E-state index in [0.29, 0.717) is 16.6 Å². The number of nitrogens with zero attached hydrogens (tertiary/aromatic N) is 2. The van der Waals surface area contributed by atoms with E-state index in [-0.39, 0.29) is 0 Å². The molecule has 2 rings (SSSR count). The van der Waals surface area contributed by atoms with Crippen LogP contribution >= 0.6 is 11.6 Å². The van der Waals surface area contributed by atoms with Crippen LogP contribution in [0.15, 0.2) is 6.20 Å². The Balaban J connectivity index is 2.56. The number of hydrogen-bond acceptors (Lipinski definition) is 3. The maximum Gasteiger partial charge on any atom is 0.131 e. The minimum atomic E-state index is 0.356. The lowest BCUT2D eigenvalue weighted by molar-refractivity contribution is 0.838. The normalized spacial score (nSPS) is 19.0. The maximum atomic E-state index is 8.72. The van der Waals surface area contributed by atoms with Gasteiger partial charge in [-0.2, -0.15) is 5.26 Å². The Morgan fingerprint density at radius 2 is 2.54 bits per heavy atom. The standard InChI is InChI=1S/C9H8ClN3/c1-5-2-7-8(10)6(3-11)4-12-9(7)13-5/h4-5H,2H2,1H3,(H,12,13)/t5-/m1/s1. The minimum absolute atomic E-state index is 0.356. The van der Waals surface area contributed by atoms with E-state index in [2.05, 4.69) is 17.2 Å².